The Kier molecular flexibility index (Phi) is 8.54. The molecule has 0 bridgehead atoms. The van der Waals surface area contributed by atoms with Crippen molar-refractivity contribution in [1.82, 2.24) is 5.01 Å². The van der Waals surface area contributed by atoms with E-state index in [1.807, 2.05) is 12.1 Å². The topological polar surface area (TPSA) is 118 Å². The van der Waals surface area contributed by atoms with E-state index in [0.29, 0.717) is 16.5 Å². The van der Waals surface area contributed by atoms with Gasteiger partial charge in [-0.1, -0.05) is 41.9 Å². The van der Waals surface area contributed by atoms with Gasteiger partial charge in [0.25, 0.3) is 5.91 Å². The molecule has 1 aliphatic heterocycles. The van der Waals surface area contributed by atoms with Gasteiger partial charge in [0.2, 0.25) is 5.96 Å². The molecule has 4 rings (SSSR count). The number of benzene rings is 3. The number of amides is 1. The summed E-state index contributed by atoms with van der Waals surface area (Å²) in [6.07, 6.45) is -2.25. The van der Waals surface area contributed by atoms with Gasteiger partial charge >= 0.3 is 12.1 Å². The van der Waals surface area contributed by atoms with Crippen LogP contribution in [-0.4, -0.2) is 46.8 Å². The Labute approximate surface area is 231 Å². The maximum atomic E-state index is 13.1. The third kappa shape index (κ3) is 7.06. The van der Waals surface area contributed by atoms with E-state index in [1.54, 1.807) is 36.4 Å². The highest BCUT2D eigenvalue weighted by atomic mass is 35.5. The number of aliphatic carboxylic acids is 1. The number of carbonyl (C=O) groups excluding carboxylic acids is 1. The number of hydrogen-bond acceptors (Lipinski definition) is 4. The molecular weight excluding hydrogens is 549 g/mol. The van der Waals surface area contributed by atoms with Gasteiger partial charge in [-0.25, -0.2) is 9.80 Å². The molecule has 0 aliphatic carbocycles. The van der Waals surface area contributed by atoms with E-state index in [9.17, 15) is 22.8 Å². The second-order valence-corrected chi connectivity index (χ2v) is 9.04. The highest BCUT2D eigenvalue weighted by molar-refractivity contribution is 6.30. The van der Waals surface area contributed by atoms with Gasteiger partial charge in [-0.15, -0.1) is 0 Å². The molecule has 1 heterocycles. The third-order valence-electron chi connectivity index (χ3n) is 5.86. The minimum Gasteiger partial charge on any atom is -0.490 e. The molecule has 0 spiro atoms. The molecule has 0 fully saturated rings. The Balaban J connectivity index is 1.58. The zero-order chi connectivity index (χ0) is 28.9. The number of halogens is 4. The summed E-state index contributed by atoms with van der Waals surface area (Å²) < 4.78 is 44.7. The molecular formula is C28H22ClF3N4O4. The van der Waals surface area contributed by atoms with Crippen LogP contribution in [0.4, 0.5) is 13.2 Å². The highest BCUT2D eigenvalue weighted by Gasteiger charge is 2.32. The van der Waals surface area contributed by atoms with Gasteiger partial charge in [0.15, 0.2) is 0 Å². The van der Waals surface area contributed by atoms with Crippen LogP contribution in [0.1, 0.15) is 33.0 Å². The van der Waals surface area contributed by atoms with Crippen molar-refractivity contribution in [3.05, 3.63) is 112 Å². The Morgan fingerprint density at radius 3 is 2.48 bits per heavy atom. The summed E-state index contributed by atoms with van der Waals surface area (Å²) in [4.78, 5) is 27.0. The summed E-state index contributed by atoms with van der Waals surface area (Å²) in [5.74, 6) is -2.08. The number of aliphatic imine (C=N–C) groups is 1. The third-order valence-corrected chi connectivity index (χ3v) is 6.11. The lowest BCUT2D eigenvalue weighted by molar-refractivity contribution is -0.137. The highest BCUT2D eigenvalue weighted by Crippen LogP contribution is 2.31. The van der Waals surface area contributed by atoms with E-state index in [1.165, 1.54) is 17.2 Å². The monoisotopic (exact) mass is 570 g/mol. The summed E-state index contributed by atoms with van der Waals surface area (Å²) in [6.45, 7) is 0.276. The van der Waals surface area contributed by atoms with Crippen LogP contribution in [0.3, 0.4) is 0 Å². The Bertz CT molecular complexity index is 1490. The number of carboxylic acids is 1. The Morgan fingerprint density at radius 2 is 1.82 bits per heavy atom. The van der Waals surface area contributed by atoms with Crippen LogP contribution in [0.5, 0.6) is 5.75 Å². The molecule has 0 aromatic heterocycles. The van der Waals surface area contributed by atoms with Gasteiger partial charge in [-0.2, -0.15) is 23.3 Å². The quantitative estimate of drug-likeness (QED) is 0.225. The lowest BCUT2D eigenvalue weighted by Gasteiger charge is -2.16. The number of carbonyl (C=O) groups is 2. The van der Waals surface area contributed by atoms with Crippen molar-refractivity contribution in [2.75, 3.05) is 13.2 Å². The number of hydrazone groups is 1. The molecule has 3 N–H and O–H groups in total. The molecule has 12 heteroatoms. The second kappa shape index (κ2) is 12.0. The lowest BCUT2D eigenvalue weighted by Crippen LogP contribution is -2.33. The van der Waals surface area contributed by atoms with Crippen molar-refractivity contribution in [3.63, 3.8) is 0 Å². The molecule has 3 aromatic carbocycles. The normalized spacial score (nSPS) is 15.8. The molecule has 206 valence electrons. The van der Waals surface area contributed by atoms with Gasteiger partial charge in [-0.3, -0.25) is 4.79 Å². The van der Waals surface area contributed by atoms with Gasteiger partial charge in [0.1, 0.15) is 12.4 Å². The fraction of sp³-hybridized carbons (Fsp3) is 0.143. The zero-order valence-corrected chi connectivity index (χ0v) is 21.4. The van der Waals surface area contributed by atoms with Crippen molar-refractivity contribution in [1.29, 1.82) is 0 Å². The van der Waals surface area contributed by atoms with Crippen LogP contribution in [0.15, 0.2) is 95.0 Å². The summed E-state index contributed by atoms with van der Waals surface area (Å²) in [5, 5.41) is 15.1. The lowest BCUT2D eigenvalue weighted by atomic mass is 9.90. The fourth-order valence-corrected chi connectivity index (χ4v) is 4.06. The first-order valence-corrected chi connectivity index (χ1v) is 12.2. The summed E-state index contributed by atoms with van der Waals surface area (Å²) in [6, 6.07) is 18.0. The first-order valence-electron chi connectivity index (χ1n) is 11.8. The summed E-state index contributed by atoms with van der Waals surface area (Å²) in [7, 11) is 0. The van der Waals surface area contributed by atoms with Crippen LogP contribution in [0.2, 0.25) is 5.02 Å². The second-order valence-electron chi connectivity index (χ2n) is 8.60. The van der Waals surface area contributed by atoms with E-state index in [-0.39, 0.29) is 30.6 Å². The van der Waals surface area contributed by atoms with Gasteiger partial charge in [0.05, 0.1) is 17.8 Å². The SMILES string of the molecule is NC(=NC(=O)c1cccc(C(F)(F)F)c1)N1CC(c2ccc(OC/C=C/C(=O)O)cc2)C(c2ccc(Cl)cc2)=N1. The molecule has 0 saturated heterocycles. The predicted molar refractivity (Wildman–Crippen MR) is 144 cm³/mol. The van der Waals surface area contributed by atoms with Crippen LogP contribution in [-0.2, 0) is 11.0 Å². The Morgan fingerprint density at radius 1 is 1.12 bits per heavy atom. The van der Waals surface area contributed by atoms with E-state index in [2.05, 4.69) is 10.1 Å². The summed E-state index contributed by atoms with van der Waals surface area (Å²) in [5.41, 5.74) is 7.05. The molecule has 0 radical (unpaired) electrons. The van der Waals surface area contributed by atoms with Crippen molar-refractivity contribution in [3.8, 4) is 5.75 Å². The molecule has 1 unspecified atom stereocenters. The largest absolute Gasteiger partial charge is 0.490 e. The number of nitrogens with zero attached hydrogens (tertiary/aromatic N) is 3. The van der Waals surface area contributed by atoms with Gasteiger partial charge < -0.3 is 15.6 Å². The predicted octanol–water partition coefficient (Wildman–Crippen LogP) is 5.34. The zero-order valence-electron chi connectivity index (χ0n) is 20.7. The summed E-state index contributed by atoms with van der Waals surface area (Å²) >= 11 is 6.04. The van der Waals surface area contributed by atoms with Crippen LogP contribution < -0.4 is 10.5 Å². The first kappa shape index (κ1) is 28.4. The Hall–Kier alpha value is -4.64. The molecule has 40 heavy (non-hydrogen) atoms. The van der Waals surface area contributed by atoms with Gasteiger partial charge in [0, 0.05) is 22.6 Å². The first-order chi connectivity index (χ1) is 19.0. The minimum atomic E-state index is -4.61. The molecule has 8 nitrogen and oxygen atoms in total. The average molecular weight is 571 g/mol. The van der Waals surface area contributed by atoms with Crippen molar-refractivity contribution in [2.45, 2.75) is 12.1 Å². The molecule has 3 aromatic rings. The maximum Gasteiger partial charge on any atom is 0.416 e. The fourth-order valence-electron chi connectivity index (χ4n) is 3.93. The molecule has 1 aliphatic rings. The van der Waals surface area contributed by atoms with Crippen LogP contribution in [0.25, 0.3) is 0 Å². The minimum absolute atomic E-state index is 0.0766. The molecule has 0 saturated carbocycles. The number of ether oxygens (including phenoxy) is 1. The van der Waals surface area contributed by atoms with Crippen molar-refractivity contribution >= 4 is 35.1 Å². The number of carboxylic acid groups (broad SMARTS) is 1. The number of hydrogen-bond donors (Lipinski definition) is 2. The smallest absolute Gasteiger partial charge is 0.416 e. The standard InChI is InChI=1S/C28H22ClF3N4O4/c29-21-10-6-18(7-11-21)25-23(17-8-12-22(13-9-17)40-14-2-5-24(37)38)16-36(35-25)27(33)34-26(39)19-3-1-4-20(15-19)28(30,31)32/h1-13,15,23H,14,16H2,(H,37,38)(H2,33,34,39)/b5-2+. The molecule has 1 amide bonds. The van der Waals surface area contributed by atoms with E-state index in [4.69, 9.17) is 27.2 Å². The van der Waals surface area contributed by atoms with E-state index < -0.39 is 23.6 Å². The molecule has 1 atom stereocenters. The van der Waals surface area contributed by atoms with Crippen LogP contribution >= 0.6 is 11.6 Å². The maximum absolute atomic E-state index is 13.1. The number of nitrogens with two attached hydrogens (primary N) is 1. The number of guanidine groups is 1. The van der Waals surface area contributed by atoms with E-state index in [0.717, 1.165) is 35.4 Å². The number of rotatable bonds is 7. The van der Waals surface area contributed by atoms with Crippen molar-refractivity contribution in [2.24, 2.45) is 15.8 Å². The average Bonchev–Trinajstić information content (AvgIpc) is 3.37. The van der Waals surface area contributed by atoms with Gasteiger partial charge in [-0.05, 0) is 59.7 Å². The van der Waals surface area contributed by atoms with Crippen molar-refractivity contribution < 1.29 is 32.6 Å². The van der Waals surface area contributed by atoms with Crippen LogP contribution in [0, 0.1) is 0 Å². The van der Waals surface area contributed by atoms with E-state index >= 15 is 0 Å². The number of alkyl halides is 3.